The van der Waals surface area contributed by atoms with Crippen molar-refractivity contribution in [3.63, 3.8) is 0 Å². The zero-order valence-electron chi connectivity index (χ0n) is 31.5. The standard InChI is InChI=1S/C14H18N7.C12H14N7.C8H11N5O.ClH/c1-4-20-9-16-11-12(20)17-14(15)18-13(11)21-7-5-10(6-8-21)19(2)3;1-18(2)8-3-5-19(6-4-8)11-9-10(15-7-14-9)16-12(13)17-11;1-3-13-4-10-5-6(13)11-8(9)12-7(5)14-2;/h5-9H,4H2,1-3H3,(H2,15,17,18);3-7H,1-2H3,(H3,13,14,15,16,17);4H,3H2,1-2H3,(H2,9,11,12);1H/q2*+1;;/p-1. The molecule has 55 heavy (non-hydrogen) atoms. The van der Waals surface area contributed by atoms with E-state index >= 15 is 0 Å². The van der Waals surface area contributed by atoms with E-state index in [9.17, 15) is 0 Å². The number of nitrogens with zero attached hydrogens (tertiary/aromatic N) is 15. The van der Waals surface area contributed by atoms with Crippen LogP contribution in [0.3, 0.4) is 0 Å². The van der Waals surface area contributed by atoms with Gasteiger partial charge < -0.3 is 58.3 Å². The van der Waals surface area contributed by atoms with E-state index in [-0.39, 0.29) is 30.3 Å². The van der Waals surface area contributed by atoms with E-state index in [1.54, 1.807) is 19.0 Å². The summed E-state index contributed by atoms with van der Waals surface area (Å²) in [5, 5.41) is 0. The first kappa shape index (κ1) is 39.3. The molecular formula is C34H43ClN19O+. The molecule has 21 heteroatoms. The van der Waals surface area contributed by atoms with Gasteiger partial charge in [0.25, 0.3) is 0 Å². The number of anilines is 5. The third-order valence-electron chi connectivity index (χ3n) is 8.22. The van der Waals surface area contributed by atoms with Gasteiger partial charge in [0.05, 0.1) is 50.9 Å². The van der Waals surface area contributed by atoms with Crippen molar-refractivity contribution in [2.24, 2.45) is 0 Å². The fourth-order valence-electron chi connectivity index (χ4n) is 5.40. The highest BCUT2D eigenvalue weighted by Gasteiger charge is 2.21. The van der Waals surface area contributed by atoms with Crippen LogP contribution in [0.2, 0.25) is 0 Å². The number of rotatable bonds is 7. The van der Waals surface area contributed by atoms with E-state index in [0.29, 0.717) is 34.3 Å². The second-order valence-corrected chi connectivity index (χ2v) is 12.1. The van der Waals surface area contributed by atoms with Crippen molar-refractivity contribution in [2.45, 2.75) is 26.9 Å². The summed E-state index contributed by atoms with van der Waals surface area (Å²) < 4.78 is 12.7. The molecule has 0 bridgehead atoms. The molecule has 8 aromatic heterocycles. The molecule has 0 radical (unpaired) electrons. The first-order valence-electron chi connectivity index (χ1n) is 16.9. The Morgan fingerprint density at radius 1 is 0.655 bits per heavy atom. The van der Waals surface area contributed by atoms with Crippen LogP contribution in [-0.2, 0) is 13.1 Å². The number of pyridine rings is 2. The summed E-state index contributed by atoms with van der Waals surface area (Å²) in [6.45, 7) is 5.62. The van der Waals surface area contributed by atoms with Gasteiger partial charge in [-0.2, -0.15) is 19.9 Å². The van der Waals surface area contributed by atoms with Crippen molar-refractivity contribution in [1.29, 1.82) is 0 Å². The molecule has 8 heterocycles. The van der Waals surface area contributed by atoms with Crippen LogP contribution in [0.15, 0.2) is 68.0 Å². The number of aromatic nitrogens is 14. The van der Waals surface area contributed by atoms with Crippen LogP contribution in [0.4, 0.5) is 29.2 Å². The molecule has 0 aromatic carbocycles. The van der Waals surface area contributed by atoms with Gasteiger partial charge in [-0.15, -0.1) is 0 Å². The first-order valence-corrected chi connectivity index (χ1v) is 16.9. The number of imidazole rings is 3. The summed E-state index contributed by atoms with van der Waals surface area (Å²) in [4.78, 5) is 44.8. The van der Waals surface area contributed by atoms with Gasteiger partial charge in [-0.1, -0.05) is 0 Å². The number of fused-ring (bicyclic) bond motifs is 3. The van der Waals surface area contributed by atoms with Gasteiger partial charge in [-0.05, 0) is 13.8 Å². The molecular weight excluding hydrogens is 726 g/mol. The van der Waals surface area contributed by atoms with Crippen molar-refractivity contribution in [3.8, 4) is 17.5 Å². The minimum absolute atomic E-state index is 0. The van der Waals surface area contributed by atoms with Crippen LogP contribution in [0.1, 0.15) is 13.8 Å². The number of H-pyrrole nitrogens is 1. The molecule has 286 valence electrons. The molecule has 0 aliphatic heterocycles. The van der Waals surface area contributed by atoms with E-state index in [1.165, 1.54) is 7.11 Å². The monoisotopic (exact) mass is 768 g/mol. The lowest BCUT2D eigenvalue weighted by Gasteiger charge is -2.11. The number of nitrogens with two attached hydrogens (primary N) is 3. The second kappa shape index (κ2) is 16.8. The normalized spacial score (nSPS) is 10.7. The Balaban J connectivity index is 0.000000160. The Labute approximate surface area is 322 Å². The van der Waals surface area contributed by atoms with Gasteiger partial charge >= 0.3 is 23.5 Å². The second-order valence-electron chi connectivity index (χ2n) is 12.1. The van der Waals surface area contributed by atoms with Gasteiger partial charge in [0.15, 0.2) is 28.0 Å². The molecule has 8 aromatic rings. The fraction of sp³-hybridized carbons (Fsp3) is 0.265. The summed E-state index contributed by atoms with van der Waals surface area (Å²) in [5.41, 5.74) is 23.5. The summed E-state index contributed by atoms with van der Waals surface area (Å²) in [6, 6.07) is 8.03. The number of ether oxygens (including phenoxy) is 1. The van der Waals surface area contributed by atoms with Crippen LogP contribution >= 0.6 is 0 Å². The number of aryl methyl sites for hydroxylation is 2. The molecule has 20 nitrogen and oxygen atoms in total. The largest absolute Gasteiger partial charge is 1.00 e. The summed E-state index contributed by atoms with van der Waals surface area (Å²) >= 11 is 0. The fourth-order valence-corrected chi connectivity index (χ4v) is 5.40. The molecule has 0 unspecified atom stereocenters. The number of methoxy groups -OCH3 is 1. The smallest absolute Gasteiger partial charge is 0.361 e. The number of halogens is 1. The van der Waals surface area contributed by atoms with Crippen LogP contribution in [0.5, 0.6) is 5.88 Å². The minimum Gasteiger partial charge on any atom is -1.00 e. The Hall–Kier alpha value is -6.96. The van der Waals surface area contributed by atoms with E-state index in [1.807, 2.05) is 119 Å². The molecule has 0 saturated carbocycles. The van der Waals surface area contributed by atoms with Crippen LogP contribution in [0, 0.1) is 0 Å². The van der Waals surface area contributed by atoms with E-state index in [4.69, 9.17) is 21.9 Å². The van der Waals surface area contributed by atoms with Crippen molar-refractivity contribution in [2.75, 3.05) is 62.3 Å². The SMILES string of the molecule is CCn1cnc2c(-[n+]3ccc(N(C)C)cc3)nc(N)nc21.CCn1cnc2c(OC)nc(N)nc21.CN(C)c1cc[n+](-c2nc(N)nc3nc[nH]c23)cc1.[Cl-]. The van der Waals surface area contributed by atoms with Gasteiger partial charge in [0.2, 0.25) is 17.3 Å². The van der Waals surface area contributed by atoms with E-state index < -0.39 is 0 Å². The topological polar surface area (TPSA) is 243 Å². The Bertz CT molecular complexity index is 2510. The lowest BCUT2D eigenvalue weighted by Crippen LogP contribution is -3.00. The average molecular weight is 769 g/mol. The third kappa shape index (κ3) is 8.33. The predicted octanol–water partition coefficient (Wildman–Crippen LogP) is -1.51. The molecule has 0 spiro atoms. The van der Waals surface area contributed by atoms with Crippen LogP contribution in [0.25, 0.3) is 45.1 Å². The molecule has 0 aliphatic rings. The van der Waals surface area contributed by atoms with Crippen LogP contribution in [-0.4, -0.2) is 94.3 Å². The zero-order valence-corrected chi connectivity index (χ0v) is 32.2. The lowest BCUT2D eigenvalue weighted by atomic mass is 10.3. The van der Waals surface area contributed by atoms with Gasteiger partial charge in [0.1, 0.15) is 0 Å². The zero-order chi connectivity index (χ0) is 38.5. The minimum atomic E-state index is 0. The Kier molecular flexibility index (Phi) is 12.0. The Morgan fingerprint density at radius 2 is 1.13 bits per heavy atom. The number of nitrogen functional groups attached to an aromatic ring is 3. The molecule has 0 aliphatic carbocycles. The molecule has 0 amide bonds. The average Bonchev–Trinajstić information content (AvgIpc) is 3.93. The maximum absolute atomic E-state index is 5.84. The molecule has 0 fully saturated rings. The summed E-state index contributed by atoms with van der Waals surface area (Å²) in [7, 11) is 9.53. The maximum atomic E-state index is 5.84. The number of hydrogen-bond acceptors (Lipinski definition) is 15. The quantitative estimate of drug-likeness (QED) is 0.135. The van der Waals surface area contributed by atoms with E-state index in [0.717, 1.165) is 41.1 Å². The molecule has 0 saturated heterocycles. The van der Waals surface area contributed by atoms with Crippen molar-refractivity contribution in [1.82, 2.24) is 59.0 Å². The van der Waals surface area contributed by atoms with Gasteiger partial charge in [0, 0.05) is 86.9 Å². The number of aromatic amines is 1. The van der Waals surface area contributed by atoms with Gasteiger partial charge in [-0.25, -0.2) is 24.1 Å². The highest BCUT2D eigenvalue weighted by molar-refractivity contribution is 5.78. The highest BCUT2D eigenvalue weighted by atomic mass is 35.5. The van der Waals surface area contributed by atoms with Gasteiger partial charge in [-0.3, -0.25) is 0 Å². The maximum Gasteiger partial charge on any atom is 0.361 e. The summed E-state index contributed by atoms with van der Waals surface area (Å²) in [5.74, 6) is 2.44. The molecule has 0 atom stereocenters. The van der Waals surface area contributed by atoms with Crippen molar-refractivity contribution < 1.29 is 26.3 Å². The number of hydrogen-bond donors (Lipinski definition) is 4. The Morgan fingerprint density at radius 3 is 1.65 bits per heavy atom. The molecule has 8 rings (SSSR count). The predicted molar refractivity (Wildman–Crippen MR) is 205 cm³/mol. The number of nitrogens with one attached hydrogen (secondary N) is 1. The van der Waals surface area contributed by atoms with Crippen LogP contribution < -0.4 is 53.3 Å². The lowest BCUT2D eigenvalue weighted by molar-refractivity contribution is -0.598. The third-order valence-corrected chi connectivity index (χ3v) is 8.22. The van der Waals surface area contributed by atoms with Crippen molar-refractivity contribution in [3.05, 3.63) is 68.0 Å². The van der Waals surface area contributed by atoms with Crippen molar-refractivity contribution >= 4 is 62.7 Å². The highest BCUT2D eigenvalue weighted by Crippen LogP contribution is 2.21. The summed E-state index contributed by atoms with van der Waals surface area (Å²) in [6.07, 6.45) is 12.8. The first-order chi connectivity index (χ1) is 26.0. The van der Waals surface area contributed by atoms with E-state index in [2.05, 4.69) is 49.8 Å². The molecule has 7 N–H and O–H groups in total.